The lowest BCUT2D eigenvalue weighted by molar-refractivity contribution is -0.114. The molecule has 2 N–H and O–H groups in total. The average molecular weight is 314 g/mol. The molecular formula is C12H8ClMgN5O2. The van der Waals surface area contributed by atoms with Crippen molar-refractivity contribution in [1.29, 1.82) is 0 Å². The van der Waals surface area contributed by atoms with Gasteiger partial charge in [0.05, 0.1) is 0 Å². The van der Waals surface area contributed by atoms with E-state index in [4.69, 9.17) is 11.6 Å². The SMILES string of the molecule is O=C(Cc1c[nH]c2ccc(Cl)cc12)C(=O)c1nn[nH]n1.[Mg]. The lowest BCUT2D eigenvalue weighted by Crippen LogP contribution is -2.18. The number of fused-ring (bicyclic) bond motifs is 1. The Hall–Kier alpha value is -1.77. The minimum Gasteiger partial charge on any atom is -0.361 e. The minimum atomic E-state index is -0.768. The number of ketones is 2. The molecule has 7 nitrogen and oxygen atoms in total. The topological polar surface area (TPSA) is 104 Å². The third-order valence-electron chi connectivity index (χ3n) is 2.88. The number of rotatable bonds is 4. The third-order valence-corrected chi connectivity index (χ3v) is 3.12. The number of hydrogen-bond donors (Lipinski definition) is 2. The largest absolute Gasteiger partial charge is 0.361 e. The number of tetrazole rings is 1. The van der Waals surface area contributed by atoms with Crippen molar-refractivity contribution < 1.29 is 9.59 Å². The summed E-state index contributed by atoms with van der Waals surface area (Å²) in [5.74, 6) is -1.60. The summed E-state index contributed by atoms with van der Waals surface area (Å²) in [6, 6.07) is 5.30. The van der Waals surface area contributed by atoms with Crippen molar-refractivity contribution in [1.82, 2.24) is 25.6 Å². The van der Waals surface area contributed by atoms with Crippen LogP contribution in [0.25, 0.3) is 10.9 Å². The van der Waals surface area contributed by atoms with E-state index in [0.29, 0.717) is 10.6 Å². The lowest BCUT2D eigenvalue weighted by Gasteiger charge is -1.97. The summed E-state index contributed by atoms with van der Waals surface area (Å²) >= 11 is 5.93. The van der Waals surface area contributed by atoms with Crippen molar-refractivity contribution in [2.75, 3.05) is 0 Å². The fourth-order valence-electron chi connectivity index (χ4n) is 1.93. The van der Waals surface area contributed by atoms with Gasteiger partial charge >= 0.3 is 0 Å². The predicted molar refractivity (Wildman–Crippen MR) is 76.3 cm³/mol. The Bertz CT molecular complexity index is 799. The van der Waals surface area contributed by atoms with Crippen LogP contribution in [0.4, 0.5) is 0 Å². The van der Waals surface area contributed by atoms with Gasteiger partial charge in [0.25, 0.3) is 5.78 Å². The number of benzene rings is 1. The van der Waals surface area contributed by atoms with Crippen LogP contribution >= 0.6 is 11.6 Å². The molecule has 2 aromatic heterocycles. The fraction of sp³-hybridized carbons (Fsp3) is 0.0833. The first-order valence-electron chi connectivity index (χ1n) is 5.71. The second kappa shape index (κ2) is 6.33. The van der Waals surface area contributed by atoms with Gasteiger partial charge in [-0.15, -0.1) is 10.2 Å². The average Bonchev–Trinajstić information content (AvgIpc) is 3.08. The molecule has 2 radical (unpaired) electrons. The third kappa shape index (κ3) is 3.12. The summed E-state index contributed by atoms with van der Waals surface area (Å²) in [4.78, 5) is 26.7. The van der Waals surface area contributed by atoms with E-state index in [1.165, 1.54) is 0 Å². The highest BCUT2D eigenvalue weighted by molar-refractivity contribution is 6.43. The first-order chi connectivity index (χ1) is 9.65. The molecule has 0 atom stereocenters. The van der Waals surface area contributed by atoms with Crippen molar-refractivity contribution in [2.45, 2.75) is 6.42 Å². The zero-order valence-corrected chi connectivity index (χ0v) is 12.9. The van der Waals surface area contributed by atoms with E-state index >= 15 is 0 Å². The van der Waals surface area contributed by atoms with Crippen molar-refractivity contribution >= 4 is 57.1 Å². The molecule has 102 valence electrons. The van der Waals surface area contributed by atoms with E-state index in [1.54, 1.807) is 18.3 Å². The smallest absolute Gasteiger partial charge is 0.269 e. The van der Waals surface area contributed by atoms with Crippen LogP contribution in [0, 0.1) is 0 Å². The monoisotopic (exact) mass is 313 g/mol. The van der Waals surface area contributed by atoms with E-state index < -0.39 is 11.6 Å². The molecule has 0 aliphatic heterocycles. The highest BCUT2D eigenvalue weighted by Crippen LogP contribution is 2.23. The maximum Gasteiger partial charge on any atom is 0.269 e. The van der Waals surface area contributed by atoms with Gasteiger partial charge in [0, 0.05) is 51.6 Å². The summed E-state index contributed by atoms with van der Waals surface area (Å²) in [5.41, 5.74) is 1.55. The van der Waals surface area contributed by atoms with Crippen LogP contribution in [-0.4, -0.2) is 60.2 Å². The van der Waals surface area contributed by atoms with Crippen LogP contribution in [0.2, 0.25) is 5.02 Å². The quantitative estimate of drug-likeness (QED) is 0.424. The van der Waals surface area contributed by atoms with E-state index in [9.17, 15) is 9.59 Å². The molecule has 0 saturated carbocycles. The summed E-state index contributed by atoms with van der Waals surface area (Å²) < 4.78 is 0. The van der Waals surface area contributed by atoms with Crippen molar-refractivity contribution in [3.8, 4) is 0 Å². The molecule has 1 aromatic carbocycles. The molecule has 0 bridgehead atoms. The molecule has 3 rings (SSSR count). The van der Waals surface area contributed by atoms with Crippen LogP contribution < -0.4 is 0 Å². The molecule has 2 heterocycles. The molecule has 0 unspecified atom stereocenters. The number of halogens is 1. The van der Waals surface area contributed by atoms with Crippen LogP contribution in [0.15, 0.2) is 24.4 Å². The van der Waals surface area contributed by atoms with Gasteiger partial charge in [0.1, 0.15) is 0 Å². The van der Waals surface area contributed by atoms with Crippen LogP contribution in [0.5, 0.6) is 0 Å². The Morgan fingerprint density at radius 1 is 1.29 bits per heavy atom. The van der Waals surface area contributed by atoms with Gasteiger partial charge in [-0.05, 0) is 29.0 Å². The maximum absolute atomic E-state index is 11.9. The van der Waals surface area contributed by atoms with Gasteiger partial charge in [0.2, 0.25) is 11.6 Å². The predicted octanol–water partition coefficient (Wildman–Crippen LogP) is 0.948. The zero-order chi connectivity index (χ0) is 14.1. The number of carbonyl (C=O) groups excluding carboxylic acids is 2. The Morgan fingerprint density at radius 2 is 2.10 bits per heavy atom. The summed E-state index contributed by atoms with van der Waals surface area (Å²) in [6.07, 6.45) is 1.64. The van der Waals surface area contributed by atoms with Gasteiger partial charge in [-0.25, -0.2) is 0 Å². The van der Waals surface area contributed by atoms with Crippen LogP contribution in [-0.2, 0) is 11.2 Å². The van der Waals surface area contributed by atoms with E-state index in [2.05, 4.69) is 25.6 Å². The number of aromatic amines is 2. The molecule has 0 aliphatic carbocycles. The highest BCUT2D eigenvalue weighted by Gasteiger charge is 2.21. The van der Waals surface area contributed by atoms with E-state index in [-0.39, 0.29) is 35.3 Å². The Kier molecular flexibility index (Phi) is 4.71. The zero-order valence-electron chi connectivity index (χ0n) is 10.8. The minimum absolute atomic E-state index is 0. The standard InChI is InChI=1S/C12H8ClN5O2.Mg/c13-7-1-2-9-8(4-7)6(5-14-9)3-10(19)11(20)12-15-17-18-16-12;/h1-2,4-5,14H,3H2,(H,15,16,17,18);. The molecule has 0 amide bonds. The second-order valence-electron chi connectivity index (χ2n) is 4.17. The molecule has 3 aromatic rings. The van der Waals surface area contributed by atoms with Crippen molar-refractivity contribution in [2.24, 2.45) is 0 Å². The second-order valence-corrected chi connectivity index (χ2v) is 4.60. The lowest BCUT2D eigenvalue weighted by atomic mass is 10.1. The Labute approximate surface area is 139 Å². The maximum atomic E-state index is 11.9. The van der Waals surface area contributed by atoms with Crippen LogP contribution in [0.3, 0.4) is 0 Å². The number of nitrogens with zero attached hydrogens (tertiary/aromatic N) is 3. The first kappa shape index (κ1) is 15.6. The first-order valence-corrected chi connectivity index (χ1v) is 6.09. The Morgan fingerprint density at radius 3 is 2.81 bits per heavy atom. The molecule has 0 fully saturated rings. The molecule has 0 aliphatic rings. The number of carbonyl (C=O) groups is 2. The molecule has 9 heteroatoms. The van der Waals surface area contributed by atoms with Gasteiger partial charge in [-0.3, -0.25) is 9.59 Å². The summed E-state index contributed by atoms with van der Waals surface area (Å²) in [7, 11) is 0. The van der Waals surface area contributed by atoms with Gasteiger partial charge in [-0.2, -0.15) is 5.21 Å². The normalized spacial score (nSPS) is 10.3. The Balaban J connectivity index is 0.00000161. The van der Waals surface area contributed by atoms with Gasteiger partial charge in [-0.1, -0.05) is 11.6 Å². The van der Waals surface area contributed by atoms with Crippen molar-refractivity contribution in [3.05, 3.63) is 40.8 Å². The highest BCUT2D eigenvalue weighted by atomic mass is 35.5. The summed E-state index contributed by atoms with van der Waals surface area (Å²) in [6.45, 7) is 0. The van der Waals surface area contributed by atoms with E-state index in [0.717, 1.165) is 10.9 Å². The van der Waals surface area contributed by atoms with E-state index in [1.807, 2.05) is 6.07 Å². The molecular weight excluding hydrogens is 306 g/mol. The molecule has 0 saturated heterocycles. The van der Waals surface area contributed by atoms with Crippen molar-refractivity contribution in [3.63, 3.8) is 0 Å². The molecule has 0 spiro atoms. The van der Waals surface area contributed by atoms with Gasteiger partial charge in [0.15, 0.2) is 0 Å². The fourth-order valence-corrected chi connectivity index (χ4v) is 2.10. The molecule has 21 heavy (non-hydrogen) atoms. The van der Waals surface area contributed by atoms with Gasteiger partial charge < -0.3 is 4.98 Å². The number of aromatic nitrogens is 5. The summed E-state index contributed by atoms with van der Waals surface area (Å²) in [5, 5.41) is 13.8. The number of Topliss-reactive ketones (excluding diaryl/α,β-unsaturated/α-hetero) is 2. The van der Waals surface area contributed by atoms with Crippen LogP contribution in [0.1, 0.15) is 16.2 Å². The number of nitrogens with one attached hydrogen (secondary N) is 2. The number of hydrogen-bond acceptors (Lipinski definition) is 5. The number of H-pyrrole nitrogens is 2.